The first-order valence-electron chi connectivity index (χ1n) is 7.45. The van der Waals surface area contributed by atoms with Gasteiger partial charge in [-0.05, 0) is 19.9 Å². The molecule has 0 aliphatic carbocycles. The standard InChI is InChI=1S/C14H19N7O2/c1-9(2)21-14(15-8-16-21)17-12(22)13(23)20-6-10(7-20)11-4-5-19(3)18-11/h4-5,8-10H,6-7H2,1-3H3,(H,15,16,17,22). The van der Waals surface area contributed by atoms with Gasteiger partial charge in [-0.25, -0.2) is 4.68 Å². The fourth-order valence-electron chi connectivity index (χ4n) is 2.50. The number of likely N-dealkylation sites (tertiary alicyclic amines) is 1. The molecule has 2 aromatic heterocycles. The molecule has 23 heavy (non-hydrogen) atoms. The molecular formula is C14H19N7O2. The van der Waals surface area contributed by atoms with E-state index in [0.29, 0.717) is 13.1 Å². The summed E-state index contributed by atoms with van der Waals surface area (Å²) in [6.45, 7) is 4.83. The fourth-order valence-corrected chi connectivity index (χ4v) is 2.50. The number of carbonyl (C=O) groups excluding carboxylic acids is 2. The molecule has 3 rings (SSSR count). The van der Waals surface area contributed by atoms with Gasteiger partial charge in [-0.15, -0.1) is 0 Å². The van der Waals surface area contributed by atoms with Crippen LogP contribution in [0.5, 0.6) is 0 Å². The van der Waals surface area contributed by atoms with Crippen LogP contribution in [0.1, 0.15) is 31.5 Å². The Bertz CT molecular complexity index is 727. The van der Waals surface area contributed by atoms with Gasteiger partial charge in [0, 0.05) is 32.3 Å². The molecule has 0 aromatic carbocycles. The predicted molar refractivity (Wildman–Crippen MR) is 81.6 cm³/mol. The molecule has 0 saturated carbocycles. The van der Waals surface area contributed by atoms with Crippen LogP contribution in [0.25, 0.3) is 0 Å². The molecule has 0 unspecified atom stereocenters. The minimum Gasteiger partial charge on any atom is -0.333 e. The molecule has 2 aromatic rings. The quantitative estimate of drug-likeness (QED) is 0.813. The van der Waals surface area contributed by atoms with E-state index in [4.69, 9.17) is 0 Å². The highest BCUT2D eigenvalue weighted by atomic mass is 16.2. The monoisotopic (exact) mass is 317 g/mol. The molecule has 122 valence electrons. The van der Waals surface area contributed by atoms with E-state index in [1.165, 1.54) is 11.2 Å². The number of anilines is 1. The third-order valence-corrected chi connectivity index (χ3v) is 3.80. The molecule has 1 aliphatic rings. The summed E-state index contributed by atoms with van der Waals surface area (Å²) >= 11 is 0. The van der Waals surface area contributed by atoms with E-state index < -0.39 is 11.8 Å². The van der Waals surface area contributed by atoms with Gasteiger partial charge in [0.15, 0.2) is 0 Å². The minimum absolute atomic E-state index is 0.0421. The van der Waals surface area contributed by atoms with Gasteiger partial charge in [0.25, 0.3) is 0 Å². The summed E-state index contributed by atoms with van der Waals surface area (Å²) in [5, 5.41) is 10.9. The second kappa shape index (κ2) is 5.82. The highest BCUT2D eigenvalue weighted by Crippen LogP contribution is 2.25. The maximum absolute atomic E-state index is 12.1. The van der Waals surface area contributed by atoms with Gasteiger partial charge in [-0.1, -0.05) is 0 Å². The lowest BCUT2D eigenvalue weighted by atomic mass is 9.96. The molecule has 0 atom stereocenters. The molecule has 9 nitrogen and oxygen atoms in total. The fraction of sp³-hybridized carbons (Fsp3) is 0.500. The number of hydrogen-bond donors (Lipinski definition) is 1. The van der Waals surface area contributed by atoms with E-state index in [0.717, 1.165) is 5.69 Å². The van der Waals surface area contributed by atoms with E-state index in [1.807, 2.05) is 33.2 Å². The van der Waals surface area contributed by atoms with Gasteiger partial charge in [0.2, 0.25) is 5.95 Å². The SMILES string of the molecule is CC(C)n1ncnc1NC(=O)C(=O)N1CC(c2ccn(C)n2)C1. The Morgan fingerprint density at radius 3 is 2.70 bits per heavy atom. The molecule has 0 radical (unpaired) electrons. The van der Waals surface area contributed by atoms with Crippen molar-refractivity contribution in [1.82, 2.24) is 29.4 Å². The summed E-state index contributed by atoms with van der Waals surface area (Å²) in [7, 11) is 1.85. The summed E-state index contributed by atoms with van der Waals surface area (Å²) in [4.78, 5) is 29.7. The normalized spacial score (nSPS) is 14.9. The van der Waals surface area contributed by atoms with Crippen molar-refractivity contribution in [3.8, 4) is 0 Å². The van der Waals surface area contributed by atoms with E-state index >= 15 is 0 Å². The largest absolute Gasteiger partial charge is 0.333 e. The van der Waals surface area contributed by atoms with Crippen molar-refractivity contribution >= 4 is 17.8 Å². The number of nitrogens with one attached hydrogen (secondary N) is 1. The number of carbonyl (C=O) groups is 2. The third kappa shape index (κ3) is 2.94. The first-order valence-corrected chi connectivity index (χ1v) is 7.45. The first-order chi connectivity index (χ1) is 11.0. The van der Waals surface area contributed by atoms with E-state index in [-0.39, 0.29) is 17.9 Å². The van der Waals surface area contributed by atoms with Crippen LogP contribution in [0.15, 0.2) is 18.6 Å². The zero-order valence-corrected chi connectivity index (χ0v) is 13.3. The molecule has 0 bridgehead atoms. The Labute approximate surface area is 133 Å². The second-order valence-electron chi connectivity index (χ2n) is 5.90. The molecule has 1 saturated heterocycles. The zero-order chi connectivity index (χ0) is 16.6. The van der Waals surface area contributed by atoms with Crippen molar-refractivity contribution in [2.75, 3.05) is 18.4 Å². The molecule has 2 amide bonds. The van der Waals surface area contributed by atoms with Crippen molar-refractivity contribution in [3.05, 3.63) is 24.3 Å². The number of aryl methyl sites for hydroxylation is 1. The maximum atomic E-state index is 12.1. The minimum atomic E-state index is -0.695. The van der Waals surface area contributed by atoms with Gasteiger partial charge in [-0.2, -0.15) is 15.2 Å². The van der Waals surface area contributed by atoms with Crippen molar-refractivity contribution in [3.63, 3.8) is 0 Å². The van der Waals surface area contributed by atoms with Gasteiger partial charge in [-0.3, -0.25) is 19.6 Å². The van der Waals surface area contributed by atoms with Crippen molar-refractivity contribution in [1.29, 1.82) is 0 Å². The molecule has 9 heteroatoms. The summed E-state index contributed by atoms with van der Waals surface area (Å²) in [5.74, 6) is -0.790. The lowest BCUT2D eigenvalue weighted by Crippen LogP contribution is -2.52. The van der Waals surface area contributed by atoms with Crippen LogP contribution in [0.2, 0.25) is 0 Å². The predicted octanol–water partition coefficient (Wildman–Crippen LogP) is 0.157. The lowest BCUT2D eigenvalue weighted by Gasteiger charge is -2.37. The average Bonchev–Trinajstić information content (AvgIpc) is 3.06. The van der Waals surface area contributed by atoms with Crippen LogP contribution in [0.3, 0.4) is 0 Å². The molecule has 0 spiro atoms. The Balaban J connectivity index is 1.57. The first kappa shape index (κ1) is 15.2. The summed E-state index contributed by atoms with van der Waals surface area (Å²) in [6.07, 6.45) is 3.21. The summed E-state index contributed by atoms with van der Waals surface area (Å²) in [6, 6.07) is 1.97. The summed E-state index contributed by atoms with van der Waals surface area (Å²) in [5.41, 5.74) is 0.941. The van der Waals surface area contributed by atoms with Crippen LogP contribution in [-0.4, -0.2) is 54.3 Å². The Morgan fingerprint density at radius 2 is 2.09 bits per heavy atom. The smallest absolute Gasteiger partial charge is 0.316 e. The van der Waals surface area contributed by atoms with Crippen LogP contribution >= 0.6 is 0 Å². The Morgan fingerprint density at radius 1 is 1.35 bits per heavy atom. The van der Waals surface area contributed by atoms with Gasteiger partial charge < -0.3 is 4.90 Å². The van der Waals surface area contributed by atoms with E-state index in [2.05, 4.69) is 20.5 Å². The Kier molecular flexibility index (Phi) is 3.85. The highest BCUT2D eigenvalue weighted by Gasteiger charge is 2.36. The van der Waals surface area contributed by atoms with Gasteiger partial charge in [0.1, 0.15) is 6.33 Å². The average molecular weight is 317 g/mol. The number of rotatable bonds is 3. The van der Waals surface area contributed by atoms with Crippen LogP contribution < -0.4 is 5.32 Å². The lowest BCUT2D eigenvalue weighted by molar-refractivity contribution is -0.146. The third-order valence-electron chi connectivity index (χ3n) is 3.80. The van der Waals surface area contributed by atoms with E-state index in [1.54, 1.807) is 9.36 Å². The Hall–Kier alpha value is -2.71. The number of aromatic nitrogens is 5. The second-order valence-corrected chi connectivity index (χ2v) is 5.90. The maximum Gasteiger partial charge on any atom is 0.316 e. The van der Waals surface area contributed by atoms with Gasteiger partial charge >= 0.3 is 11.8 Å². The van der Waals surface area contributed by atoms with Crippen molar-refractivity contribution in [2.24, 2.45) is 7.05 Å². The van der Waals surface area contributed by atoms with Crippen molar-refractivity contribution < 1.29 is 9.59 Å². The van der Waals surface area contributed by atoms with E-state index in [9.17, 15) is 9.59 Å². The molecule has 3 heterocycles. The number of hydrogen-bond acceptors (Lipinski definition) is 5. The zero-order valence-electron chi connectivity index (χ0n) is 13.3. The topological polar surface area (TPSA) is 97.9 Å². The molecule has 1 aliphatic heterocycles. The molecular weight excluding hydrogens is 298 g/mol. The number of amides is 2. The number of nitrogens with zero attached hydrogens (tertiary/aromatic N) is 6. The van der Waals surface area contributed by atoms with Crippen molar-refractivity contribution in [2.45, 2.75) is 25.8 Å². The molecule has 1 fully saturated rings. The molecule has 1 N–H and O–H groups in total. The van der Waals surface area contributed by atoms with Crippen LogP contribution in [-0.2, 0) is 16.6 Å². The summed E-state index contributed by atoms with van der Waals surface area (Å²) < 4.78 is 3.28. The van der Waals surface area contributed by atoms with Gasteiger partial charge in [0.05, 0.1) is 11.7 Å². The van der Waals surface area contributed by atoms with Crippen LogP contribution in [0.4, 0.5) is 5.95 Å². The van der Waals surface area contributed by atoms with Crippen LogP contribution in [0, 0.1) is 0 Å². The highest BCUT2D eigenvalue weighted by molar-refractivity contribution is 6.39.